The summed E-state index contributed by atoms with van der Waals surface area (Å²) in [6.45, 7) is 0. The van der Waals surface area contributed by atoms with E-state index >= 15 is 0 Å². The highest BCUT2D eigenvalue weighted by Gasteiger charge is 2.24. The van der Waals surface area contributed by atoms with Gasteiger partial charge in [-0.25, -0.2) is 4.98 Å². The van der Waals surface area contributed by atoms with E-state index in [1.165, 1.54) is 28.9 Å². The van der Waals surface area contributed by atoms with E-state index in [4.69, 9.17) is 0 Å². The lowest BCUT2D eigenvalue weighted by atomic mass is 10.1. The standard InChI is InChI=1S/C14H15N3O2S/c1-17(2)13(19)12(10-6-4-3-5-7-10)20-14-15-9-8-11(18)16-14/h3-9,12H,1-2H3,(H,15,16,18)/t12-/m0/s1. The molecule has 0 saturated heterocycles. The van der Waals surface area contributed by atoms with E-state index in [-0.39, 0.29) is 11.5 Å². The van der Waals surface area contributed by atoms with Crippen molar-refractivity contribution in [3.63, 3.8) is 0 Å². The van der Waals surface area contributed by atoms with Gasteiger partial charge in [0.25, 0.3) is 5.56 Å². The second kappa shape index (κ2) is 6.38. The molecule has 1 N–H and O–H groups in total. The predicted octanol–water partition coefficient (Wildman–Crippen LogP) is 1.69. The maximum atomic E-state index is 12.3. The molecule has 0 unspecified atom stereocenters. The highest BCUT2D eigenvalue weighted by Crippen LogP contribution is 2.33. The Kier molecular flexibility index (Phi) is 4.57. The van der Waals surface area contributed by atoms with Crippen LogP contribution in [0.3, 0.4) is 0 Å². The van der Waals surface area contributed by atoms with Gasteiger partial charge in [-0.2, -0.15) is 0 Å². The van der Waals surface area contributed by atoms with Gasteiger partial charge < -0.3 is 9.88 Å². The number of aromatic nitrogens is 2. The number of likely N-dealkylation sites (N-methyl/N-ethyl adjacent to an activating group) is 1. The fourth-order valence-corrected chi connectivity index (χ4v) is 2.76. The zero-order chi connectivity index (χ0) is 14.5. The molecule has 0 aliphatic rings. The summed E-state index contributed by atoms with van der Waals surface area (Å²) in [6.07, 6.45) is 1.43. The predicted molar refractivity (Wildman–Crippen MR) is 78.6 cm³/mol. The third-order valence-corrected chi connectivity index (χ3v) is 3.78. The molecule has 104 valence electrons. The quantitative estimate of drug-likeness (QED) is 0.687. The molecule has 0 aliphatic heterocycles. The normalized spacial score (nSPS) is 11.9. The molecule has 0 bridgehead atoms. The molecule has 2 aromatic rings. The summed E-state index contributed by atoms with van der Waals surface area (Å²) >= 11 is 1.23. The van der Waals surface area contributed by atoms with Gasteiger partial charge in [0.2, 0.25) is 5.91 Å². The van der Waals surface area contributed by atoms with Crippen LogP contribution in [0.25, 0.3) is 0 Å². The second-order valence-corrected chi connectivity index (χ2v) is 5.47. The van der Waals surface area contributed by atoms with E-state index in [1.807, 2.05) is 30.3 Å². The molecule has 1 atom stereocenters. The van der Waals surface area contributed by atoms with Crippen LogP contribution in [0.4, 0.5) is 0 Å². The van der Waals surface area contributed by atoms with Crippen LogP contribution in [0.15, 0.2) is 52.5 Å². The molecule has 5 nitrogen and oxygen atoms in total. The van der Waals surface area contributed by atoms with Crippen molar-refractivity contribution in [2.45, 2.75) is 10.4 Å². The molecule has 0 fully saturated rings. The van der Waals surface area contributed by atoms with E-state index in [0.717, 1.165) is 5.56 Å². The molecular weight excluding hydrogens is 274 g/mol. The van der Waals surface area contributed by atoms with Gasteiger partial charge in [-0.05, 0) is 5.56 Å². The largest absolute Gasteiger partial charge is 0.348 e. The molecule has 6 heteroatoms. The Morgan fingerprint density at radius 1 is 1.25 bits per heavy atom. The number of carbonyl (C=O) groups excluding carboxylic acids is 1. The number of rotatable bonds is 4. The highest BCUT2D eigenvalue weighted by molar-refractivity contribution is 8.00. The molecule has 20 heavy (non-hydrogen) atoms. The molecule has 2 rings (SSSR count). The van der Waals surface area contributed by atoms with Crippen LogP contribution in [-0.4, -0.2) is 34.9 Å². The van der Waals surface area contributed by atoms with Crippen molar-refractivity contribution >= 4 is 17.7 Å². The number of nitrogens with one attached hydrogen (secondary N) is 1. The SMILES string of the molecule is CN(C)C(=O)[C@@H](Sc1nccc(=O)[nH]1)c1ccccc1. The van der Waals surface area contributed by atoms with Crippen molar-refractivity contribution in [3.8, 4) is 0 Å². The summed E-state index contributed by atoms with van der Waals surface area (Å²) in [7, 11) is 3.42. The Morgan fingerprint density at radius 2 is 1.95 bits per heavy atom. The molecule has 1 heterocycles. The minimum absolute atomic E-state index is 0.0484. The molecule has 1 aromatic carbocycles. The van der Waals surface area contributed by atoms with Crippen LogP contribution in [0.5, 0.6) is 0 Å². The third-order valence-electron chi connectivity index (χ3n) is 2.64. The van der Waals surface area contributed by atoms with Crippen molar-refractivity contribution < 1.29 is 4.79 Å². The average Bonchev–Trinajstić information content (AvgIpc) is 2.45. The van der Waals surface area contributed by atoms with E-state index in [2.05, 4.69) is 9.97 Å². The van der Waals surface area contributed by atoms with Gasteiger partial charge in [0.05, 0.1) is 0 Å². The van der Waals surface area contributed by atoms with Crippen molar-refractivity contribution in [1.82, 2.24) is 14.9 Å². The maximum absolute atomic E-state index is 12.3. The Labute approximate surface area is 121 Å². The summed E-state index contributed by atoms with van der Waals surface area (Å²) in [5.41, 5.74) is 0.648. The van der Waals surface area contributed by atoms with Crippen LogP contribution >= 0.6 is 11.8 Å². The molecule has 0 spiro atoms. The minimum atomic E-state index is -0.434. The number of nitrogens with zero attached hydrogens (tertiary/aromatic N) is 2. The number of aromatic amines is 1. The monoisotopic (exact) mass is 289 g/mol. The first-order valence-electron chi connectivity index (χ1n) is 6.06. The zero-order valence-electron chi connectivity index (χ0n) is 11.2. The molecule has 1 amide bonds. The summed E-state index contributed by atoms with van der Waals surface area (Å²) in [4.78, 5) is 31.9. The summed E-state index contributed by atoms with van der Waals surface area (Å²) < 4.78 is 0. The molecule has 0 aliphatic carbocycles. The van der Waals surface area contributed by atoms with E-state index in [1.54, 1.807) is 14.1 Å². The Balaban J connectivity index is 2.33. The van der Waals surface area contributed by atoms with Crippen molar-refractivity contribution in [1.29, 1.82) is 0 Å². The first kappa shape index (κ1) is 14.3. The molecule has 0 radical (unpaired) electrons. The van der Waals surface area contributed by atoms with Gasteiger partial charge in [0.1, 0.15) is 5.25 Å². The third kappa shape index (κ3) is 3.48. The molecular formula is C14H15N3O2S. The van der Waals surface area contributed by atoms with Gasteiger partial charge in [0, 0.05) is 26.4 Å². The number of hydrogen-bond acceptors (Lipinski definition) is 4. The smallest absolute Gasteiger partial charge is 0.251 e. The highest BCUT2D eigenvalue weighted by atomic mass is 32.2. The second-order valence-electron chi connectivity index (χ2n) is 4.38. The van der Waals surface area contributed by atoms with Gasteiger partial charge >= 0.3 is 0 Å². The Morgan fingerprint density at radius 3 is 2.55 bits per heavy atom. The van der Waals surface area contributed by atoms with E-state index in [0.29, 0.717) is 5.16 Å². The van der Waals surface area contributed by atoms with Crippen LogP contribution in [0, 0.1) is 0 Å². The van der Waals surface area contributed by atoms with Crippen LogP contribution in [0.1, 0.15) is 10.8 Å². The lowest BCUT2D eigenvalue weighted by Gasteiger charge is -2.19. The number of carbonyl (C=O) groups is 1. The summed E-state index contributed by atoms with van der Waals surface area (Å²) in [6, 6.07) is 10.8. The molecule has 0 saturated carbocycles. The number of H-pyrrole nitrogens is 1. The van der Waals surface area contributed by atoms with E-state index in [9.17, 15) is 9.59 Å². The first-order chi connectivity index (χ1) is 9.58. The summed E-state index contributed by atoms with van der Waals surface area (Å²) in [5.74, 6) is -0.0484. The fraction of sp³-hybridized carbons (Fsp3) is 0.214. The number of hydrogen-bond donors (Lipinski definition) is 1. The number of thioether (sulfide) groups is 1. The topological polar surface area (TPSA) is 66.1 Å². The van der Waals surface area contributed by atoms with Gasteiger partial charge in [0.15, 0.2) is 5.16 Å². The minimum Gasteiger partial charge on any atom is -0.348 e. The van der Waals surface area contributed by atoms with Gasteiger partial charge in [-0.15, -0.1) is 0 Å². The Bertz CT molecular complexity index is 640. The van der Waals surface area contributed by atoms with Crippen LogP contribution in [-0.2, 0) is 4.79 Å². The molecule has 1 aromatic heterocycles. The fourth-order valence-electron chi connectivity index (χ4n) is 1.65. The lowest BCUT2D eigenvalue weighted by molar-refractivity contribution is -0.128. The van der Waals surface area contributed by atoms with E-state index < -0.39 is 5.25 Å². The number of benzene rings is 1. The van der Waals surface area contributed by atoms with Gasteiger partial charge in [-0.3, -0.25) is 9.59 Å². The van der Waals surface area contributed by atoms with Crippen molar-refractivity contribution in [2.75, 3.05) is 14.1 Å². The van der Waals surface area contributed by atoms with Crippen molar-refractivity contribution in [3.05, 3.63) is 58.5 Å². The first-order valence-corrected chi connectivity index (χ1v) is 6.94. The lowest BCUT2D eigenvalue weighted by Crippen LogP contribution is -2.27. The number of amides is 1. The van der Waals surface area contributed by atoms with Crippen LogP contribution < -0.4 is 5.56 Å². The maximum Gasteiger partial charge on any atom is 0.251 e. The van der Waals surface area contributed by atoms with Crippen molar-refractivity contribution in [2.24, 2.45) is 0 Å². The van der Waals surface area contributed by atoms with Gasteiger partial charge in [-0.1, -0.05) is 42.1 Å². The van der Waals surface area contributed by atoms with Crippen LogP contribution in [0.2, 0.25) is 0 Å². The zero-order valence-corrected chi connectivity index (χ0v) is 12.1. The Hall–Kier alpha value is -2.08. The summed E-state index contributed by atoms with van der Waals surface area (Å²) in [5, 5.41) is -0.00157. The average molecular weight is 289 g/mol.